The van der Waals surface area contributed by atoms with Crippen molar-refractivity contribution in [3.63, 3.8) is 0 Å². The van der Waals surface area contributed by atoms with Crippen molar-refractivity contribution in [2.75, 3.05) is 19.6 Å². The maximum absolute atomic E-state index is 13.7. The summed E-state index contributed by atoms with van der Waals surface area (Å²) < 4.78 is 27.0. The van der Waals surface area contributed by atoms with E-state index in [4.69, 9.17) is 0 Å². The molecule has 0 amide bonds. The number of hydrogen-bond donors (Lipinski definition) is 2. The van der Waals surface area contributed by atoms with Crippen LogP contribution in [0, 0.1) is 11.6 Å². The van der Waals surface area contributed by atoms with Crippen LogP contribution in [-0.2, 0) is 5.41 Å². The Morgan fingerprint density at radius 2 is 1.95 bits per heavy atom. The van der Waals surface area contributed by atoms with Crippen LogP contribution in [0.5, 0.6) is 0 Å². The summed E-state index contributed by atoms with van der Waals surface area (Å²) in [6.07, 6.45) is 2.56. The molecule has 1 aliphatic carbocycles. The molecule has 0 bridgehead atoms. The highest BCUT2D eigenvalue weighted by Crippen LogP contribution is 2.25. The predicted molar refractivity (Wildman–Crippen MR) is 73.3 cm³/mol. The van der Waals surface area contributed by atoms with Gasteiger partial charge in [-0.3, -0.25) is 0 Å². The van der Waals surface area contributed by atoms with Crippen molar-refractivity contribution in [1.82, 2.24) is 10.6 Å². The first-order chi connectivity index (χ1) is 8.99. The van der Waals surface area contributed by atoms with Crippen LogP contribution in [0.1, 0.15) is 32.3 Å². The molecule has 4 heteroatoms. The van der Waals surface area contributed by atoms with Crippen molar-refractivity contribution < 1.29 is 8.78 Å². The Hall–Kier alpha value is -1.00. The lowest BCUT2D eigenvalue weighted by molar-refractivity contribution is 0.438. The summed E-state index contributed by atoms with van der Waals surface area (Å²) in [5.41, 5.74) is 0.00123. The summed E-state index contributed by atoms with van der Waals surface area (Å²) in [7, 11) is 0. The summed E-state index contributed by atoms with van der Waals surface area (Å²) in [5, 5.41) is 6.71. The zero-order valence-electron chi connectivity index (χ0n) is 11.6. The highest BCUT2D eigenvalue weighted by atomic mass is 19.1. The second-order valence-electron chi connectivity index (χ2n) is 5.91. The largest absolute Gasteiger partial charge is 0.315 e. The van der Waals surface area contributed by atoms with Crippen molar-refractivity contribution in [2.24, 2.45) is 0 Å². The SMILES string of the molecule is CC(C)(CNCCNC1CC1)c1cc(F)ccc1F. The van der Waals surface area contributed by atoms with E-state index in [1.807, 2.05) is 13.8 Å². The van der Waals surface area contributed by atoms with E-state index < -0.39 is 5.41 Å². The Morgan fingerprint density at radius 1 is 1.21 bits per heavy atom. The standard InChI is InChI=1S/C15H22F2N2/c1-15(2,10-18-7-8-19-12-4-5-12)13-9-11(16)3-6-14(13)17/h3,6,9,12,18-19H,4-5,7-8,10H2,1-2H3. The van der Waals surface area contributed by atoms with E-state index in [-0.39, 0.29) is 11.6 Å². The number of nitrogens with one attached hydrogen (secondary N) is 2. The Bertz CT molecular complexity index is 428. The lowest BCUT2D eigenvalue weighted by atomic mass is 9.84. The van der Waals surface area contributed by atoms with Crippen LogP contribution in [0.25, 0.3) is 0 Å². The van der Waals surface area contributed by atoms with Gasteiger partial charge in [0.1, 0.15) is 11.6 Å². The van der Waals surface area contributed by atoms with Crippen LogP contribution in [0.15, 0.2) is 18.2 Å². The first-order valence-electron chi connectivity index (χ1n) is 6.89. The molecule has 0 spiro atoms. The smallest absolute Gasteiger partial charge is 0.127 e. The molecular formula is C15H22F2N2. The molecule has 1 aromatic rings. The number of benzene rings is 1. The summed E-state index contributed by atoms with van der Waals surface area (Å²) in [6, 6.07) is 4.35. The van der Waals surface area contributed by atoms with Crippen molar-refractivity contribution in [3.05, 3.63) is 35.4 Å². The highest BCUT2D eigenvalue weighted by molar-refractivity contribution is 5.26. The van der Waals surface area contributed by atoms with Crippen LogP contribution in [0.3, 0.4) is 0 Å². The van der Waals surface area contributed by atoms with Crippen LogP contribution in [0.2, 0.25) is 0 Å². The molecular weight excluding hydrogens is 246 g/mol. The van der Waals surface area contributed by atoms with Gasteiger partial charge in [0.05, 0.1) is 0 Å². The molecule has 2 rings (SSSR count). The van der Waals surface area contributed by atoms with E-state index in [9.17, 15) is 8.78 Å². The fourth-order valence-corrected chi connectivity index (χ4v) is 2.16. The maximum Gasteiger partial charge on any atom is 0.127 e. The van der Waals surface area contributed by atoms with Gasteiger partial charge in [0.25, 0.3) is 0 Å². The maximum atomic E-state index is 13.7. The van der Waals surface area contributed by atoms with Crippen LogP contribution >= 0.6 is 0 Å². The topological polar surface area (TPSA) is 24.1 Å². The number of rotatable bonds is 7. The zero-order valence-corrected chi connectivity index (χ0v) is 11.6. The zero-order chi connectivity index (χ0) is 13.9. The van der Waals surface area contributed by atoms with Crippen molar-refractivity contribution in [1.29, 1.82) is 0 Å². The third kappa shape index (κ3) is 4.25. The first kappa shape index (κ1) is 14.4. The van der Waals surface area contributed by atoms with E-state index in [1.165, 1.54) is 25.0 Å². The Balaban J connectivity index is 1.83. The molecule has 1 saturated carbocycles. The van der Waals surface area contributed by atoms with E-state index in [0.29, 0.717) is 18.2 Å². The molecule has 0 saturated heterocycles. The van der Waals surface area contributed by atoms with Gasteiger partial charge in [-0.25, -0.2) is 8.78 Å². The Kier molecular flexibility index (Phi) is 4.53. The monoisotopic (exact) mass is 268 g/mol. The molecule has 0 aromatic heterocycles. The minimum atomic E-state index is -0.425. The molecule has 1 fully saturated rings. The molecule has 0 atom stereocenters. The van der Waals surface area contributed by atoms with E-state index in [0.717, 1.165) is 19.2 Å². The molecule has 0 radical (unpaired) electrons. The van der Waals surface area contributed by atoms with Crippen LogP contribution in [0.4, 0.5) is 8.78 Å². The third-order valence-electron chi connectivity index (χ3n) is 3.54. The fourth-order valence-electron chi connectivity index (χ4n) is 2.16. The van der Waals surface area contributed by atoms with E-state index >= 15 is 0 Å². The van der Waals surface area contributed by atoms with Gasteiger partial charge in [0, 0.05) is 31.1 Å². The van der Waals surface area contributed by atoms with Gasteiger partial charge in [0.2, 0.25) is 0 Å². The van der Waals surface area contributed by atoms with E-state index in [2.05, 4.69) is 10.6 Å². The lowest BCUT2D eigenvalue weighted by Gasteiger charge is -2.26. The van der Waals surface area contributed by atoms with Crippen molar-refractivity contribution in [3.8, 4) is 0 Å². The number of halogens is 2. The van der Waals surface area contributed by atoms with Gasteiger partial charge in [-0.2, -0.15) is 0 Å². The minimum Gasteiger partial charge on any atom is -0.315 e. The van der Waals surface area contributed by atoms with Crippen molar-refractivity contribution in [2.45, 2.75) is 38.1 Å². The normalized spacial score (nSPS) is 15.8. The molecule has 1 aliphatic rings. The second kappa shape index (κ2) is 5.97. The third-order valence-corrected chi connectivity index (χ3v) is 3.54. The van der Waals surface area contributed by atoms with Crippen LogP contribution < -0.4 is 10.6 Å². The fraction of sp³-hybridized carbons (Fsp3) is 0.600. The van der Waals surface area contributed by atoms with Crippen molar-refractivity contribution >= 4 is 0 Å². The minimum absolute atomic E-state index is 0.343. The lowest BCUT2D eigenvalue weighted by Crippen LogP contribution is -2.37. The molecule has 19 heavy (non-hydrogen) atoms. The van der Waals surface area contributed by atoms with Gasteiger partial charge in [0.15, 0.2) is 0 Å². The quantitative estimate of drug-likeness (QED) is 0.743. The molecule has 0 unspecified atom stereocenters. The summed E-state index contributed by atoms with van der Waals surface area (Å²) in [4.78, 5) is 0. The van der Waals surface area contributed by atoms with Gasteiger partial charge >= 0.3 is 0 Å². The molecule has 2 N–H and O–H groups in total. The van der Waals surface area contributed by atoms with Gasteiger partial charge < -0.3 is 10.6 Å². The molecule has 2 nitrogen and oxygen atoms in total. The summed E-state index contributed by atoms with van der Waals surface area (Å²) >= 11 is 0. The number of hydrogen-bond acceptors (Lipinski definition) is 2. The first-order valence-corrected chi connectivity index (χ1v) is 6.89. The molecule has 106 valence electrons. The predicted octanol–water partition coefficient (Wildman–Crippen LogP) is 2.58. The Labute approximate surface area is 113 Å². The average Bonchev–Trinajstić information content (AvgIpc) is 3.15. The van der Waals surface area contributed by atoms with Gasteiger partial charge in [-0.15, -0.1) is 0 Å². The second-order valence-corrected chi connectivity index (χ2v) is 5.91. The molecule has 1 aromatic carbocycles. The highest BCUT2D eigenvalue weighted by Gasteiger charge is 2.24. The average molecular weight is 268 g/mol. The summed E-state index contributed by atoms with van der Waals surface area (Å²) in [6.45, 7) is 6.24. The molecule has 0 heterocycles. The van der Waals surface area contributed by atoms with Gasteiger partial charge in [-0.05, 0) is 36.6 Å². The summed E-state index contributed by atoms with van der Waals surface area (Å²) in [5.74, 6) is -0.732. The molecule has 0 aliphatic heterocycles. The van der Waals surface area contributed by atoms with Gasteiger partial charge in [-0.1, -0.05) is 13.8 Å². The van der Waals surface area contributed by atoms with Crippen LogP contribution in [-0.4, -0.2) is 25.7 Å². The Morgan fingerprint density at radius 3 is 2.63 bits per heavy atom. The van der Waals surface area contributed by atoms with E-state index in [1.54, 1.807) is 0 Å².